The summed E-state index contributed by atoms with van der Waals surface area (Å²) >= 11 is 0. The van der Waals surface area contributed by atoms with Crippen molar-refractivity contribution < 1.29 is 21.6 Å². The number of carbonyl (C=O) groups is 1. The van der Waals surface area contributed by atoms with Crippen LogP contribution in [0.2, 0.25) is 0 Å². The van der Waals surface area contributed by atoms with Gasteiger partial charge in [-0.2, -0.15) is 4.31 Å². The molecule has 2 heterocycles. The number of sulfonamides is 2. The molecule has 4 rings (SSSR count). The first-order valence-electron chi connectivity index (χ1n) is 10.9. The smallest absolute Gasteiger partial charge is 0.264 e. The van der Waals surface area contributed by atoms with Gasteiger partial charge in [0.05, 0.1) is 9.79 Å². The Bertz CT molecular complexity index is 1430. The van der Waals surface area contributed by atoms with Gasteiger partial charge in [-0.25, -0.2) is 31.5 Å². The lowest BCUT2D eigenvalue weighted by atomic mass is 10.2. The number of nitrogens with one attached hydrogen (secondary N) is 2. The molecule has 0 aliphatic carbocycles. The van der Waals surface area contributed by atoms with E-state index in [2.05, 4.69) is 20.0 Å². The summed E-state index contributed by atoms with van der Waals surface area (Å²) < 4.78 is 54.4. The zero-order valence-electron chi connectivity index (χ0n) is 19.2. The van der Waals surface area contributed by atoms with E-state index < -0.39 is 26.0 Å². The molecule has 3 aromatic rings. The second-order valence-corrected chi connectivity index (χ2v) is 11.8. The van der Waals surface area contributed by atoms with Crippen LogP contribution >= 0.6 is 0 Å². The Morgan fingerprint density at radius 3 is 1.94 bits per heavy atom. The van der Waals surface area contributed by atoms with Crippen molar-refractivity contribution >= 4 is 37.6 Å². The van der Waals surface area contributed by atoms with Crippen LogP contribution < -0.4 is 10.0 Å². The van der Waals surface area contributed by atoms with Crippen LogP contribution in [0.15, 0.2) is 64.4 Å². The molecule has 1 amide bonds. The first-order valence-corrected chi connectivity index (χ1v) is 13.8. The Hall–Kier alpha value is -3.35. The number of hydrogen-bond acceptors (Lipinski definition) is 7. The SMILES string of the molecule is Cc1cc(C)nc(NS(=O)(=O)c2ccc(NC(=O)c3ccc(S(=O)(=O)N4CCCC4)cc3)cc2)n1. The molecule has 1 saturated heterocycles. The molecular weight excluding hydrogens is 490 g/mol. The molecule has 1 aliphatic heterocycles. The maximum absolute atomic E-state index is 12.7. The third-order valence-corrected chi connectivity index (χ3v) is 8.71. The van der Waals surface area contributed by atoms with Gasteiger partial charge in [0.1, 0.15) is 0 Å². The quantitative estimate of drug-likeness (QED) is 0.493. The summed E-state index contributed by atoms with van der Waals surface area (Å²) in [4.78, 5) is 20.9. The fourth-order valence-corrected chi connectivity index (χ4v) is 6.19. The molecule has 0 radical (unpaired) electrons. The number of amides is 1. The molecule has 2 N–H and O–H groups in total. The molecule has 184 valence electrons. The number of benzene rings is 2. The Labute approximate surface area is 204 Å². The van der Waals surface area contributed by atoms with Crippen molar-refractivity contribution in [2.75, 3.05) is 23.1 Å². The van der Waals surface area contributed by atoms with Gasteiger partial charge < -0.3 is 5.32 Å². The Morgan fingerprint density at radius 1 is 0.829 bits per heavy atom. The van der Waals surface area contributed by atoms with E-state index in [4.69, 9.17) is 0 Å². The van der Waals surface area contributed by atoms with Crippen LogP contribution in [0, 0.1) is 13.8 Å². The van der Waals surface area contributed by atoms with Crippen molar-refractivity contribution in [3.8, 4) is 0 Å². The van der Waals surface area contributed by atoms with E-state index >= 15 is 0 Å². The van der Waals surface area contributed by atoms with Crippen molar-refractivity contribution in [2.24, 2.45) is 0 Å². The van der Waals surface area contributed by atoms with Gasteiger partial charge in [0.2, 0.25) is 16.0 Å². The standard InChI is InChI=1S/C23H25N5O5S2/c1-16-15-17(2)25-23(24-16)27-34(30,31)20-11-7-19(8-12-20)26-22(29)18-5-9-21(10-6-18)35(32,33)28-13-3-4-14-28/h5-12,15H,3-4,13-14H2,1-2H3,(H,26,29)(H,24,25,27). The molecule has 1 aliphatic rings. The summed E-state index contributed by atoms with van der Waals surface area (Å²) in [5, 5.41) is 2.68. The van der Waals surface area contributed by atoms with E-state index in [1.165, 1.54) is 52.8 Å². The molecule has 1 aromatic heterocycles. The van der Waals surface area contributed by atoms with Crippen LogP contribution in [-0.2, 0) is 20.0 Å². The highest BCUT2D eigenvalue weighted by molar-refractivity contribution is 7.92. The molecule has 0 unspecified atom stereocenters. The van der Waals surface area contributed by atoms with Crippen LogP contribution in [-0.4, -0.2) is 50.1 Å². The van der Waals surface area contributed by atoms with Crippen molar-refractivity contribution in [3.05, 3.63) is 71.5 Å². The second-order valence-electron chi connectivity index (χ2n) is 8.19. The van der Waals surface area contributed by atoms with Crippen molar-refractivity contribution in [2.45, 2.75) is 36.5 Å². The lowest BCUT2D eigenvalue weighted by molar-refractivity contribution is 0.102. The first-order chi connectivity index (χ1) is 16.5. The predicted octanol–water partition coefficient (Wildman–Crippen LogP) is 2.93. The minimum Gasteiger partial charge on any atom is -0.322 e. The highest BCUT2D eigenvalue weighted by atomic mass is 32.2. The van der Waals surface area contributed by atoms with Gasteiger partial charge in [-0.05, 0) is 81.3 Å². The summed E-state index contributed by atoms with van der Waals surface area (Å²) in [7, 11) is -7.48. The monoisotopic (exact) mass is 515 g/mol. The number of rotatable bonds is 7. The molecule has 0 atom stereocenters. The number of nitrogens with zero attached hydrogens (tertiary/aromatic N) is 3. The normalized spacial score (nSPS) is 14.6. The van der Waals surface area contributed by atoms with Gasteiger partial charge in [-0.15, -0.1) is 0 Å². The molecule has 0 spiro atoms. The average Bonchev–Trinajstić information content (AvgIpc) is 3.34. The fourth-order valence-electron chi connectivity index (χ4n) is 3.73. The van der Waals surface area contributed by atoms with Gasteiger partial charge in [0, 0.05) is 35.7 Å². The van der Waals surface area contributed by atoms with Gasteiger partial charge in [-0.1, -0.05) is 0 Å². The zero-order chi connectivity index (χ0) is 25.2. The van der Waals surface area contributed by atoms with Crippen molar-refractivity contribution in [3.63, 3.8) is 0 Å². The lowest BCUT2D eigenvalue weighted by Crippen LogP contribution is -2.27. The van der Waals surface area contributed by atoms with E-state index in [0.717, 1.165) is 12.8 Å². The van der Waals surface area contributed by atoms with Crippen LogP contribution in [0.5, 0.6) is 0 Å². The molecule has 12 heteroatoms. The summed E-state index contributed by atoms with van der Waals surface area (Å²) in [6, 6.07) is 13.1. The fraction of sp³-hybridized carbons (Fsp3) is 0.261. The Morgan fingerprint density at radius 2 is 1.37 bits per heavy atom. The molecule has 2 aromatic carbocycles. The van der Waals surface area contributed by atoms with E-state index in [1.54, 1.807) is 19.9 Å². The maximum Gasteiger partial charge on any atom is 0.264 e. The maximum atomic E-state index is 12.7. The Balaban J connectivity index is 1.43. The highest BCUT2D eigenvalue weighted by Gasteiger charge is 2.27. The minimum atomic E-state index is -3.92. The summed E-state index contributed by atoms with van der Waals surface area (Å²) in [6.45, 7) is 4.49. The third kappa shape index (κ3) is 5.66. The first kappa shape index (κ1) is 24.8. The van der Waals surface area contributed by atoms with Crippen molar-refractivity contribution in [1.82, 2.24) is 14.3 Å². The van der Waals surface area contributed by atoms with Crippen molar-refractivity contribution in [1.29, 1.82) is 0 Å². The van der Waals surface area contributed by atoms with E-state index in [9.17, 15) is 21.6 Å². The van der Waals surface area contributed by atoms with Gasteiger partial charge in [0.25, 0.3) is 15.9 Å². The summed E-state index contributed by atoms with van der Waals surface area (Å²) in [5.74, 6) is -0.470. The minimum absolute atomic E-state index is 0.0185. The molecule has 10 nitrogen and oxygen atoms in total. The number of aromatic nitrogens is 2. The number of aryl methyl sites for hydroxylation is 2. The summed E-state index contributed by atoms with van der Waals surface area (Å²) in [6.07, 6.45) is 1.69. The lowest BCUT2D eigenvalue weighted by Gasteiger charge is -2.15. The van der Waals surface area contributed by atoms with Crippen LogP contribution in [0.4, 0.5) is 11.6 Å². The van der Waals surface area contributed by atoms with Gasteiger partial charge >= 0.3 is 0 Å². The number of hydrogen-bond donors (Lipinski definition) is 2. The summed E-state index contributed by atoms with van der Waals surface area (Å²) in [5.41, 5.74) is 1.92. The third-order valence-electron chi connectivity index (χ3n) is 5.45. The highest BCUT2D eigenvalue weighted by Crippen LogP contribution is 2.22. The number of carbonyl (C=O) groups excluding carboxylic acids is 1. The van der Waals surface area contributed by atoms with Gasteiger partial charge in [0.15, 0.2) is 0 Å². The predicted molar refractivity (Wildman–Crippen MR) is 131 cm³/mol. The molecule has 0 bridgehead atoms. The molecule has 35 heavy (non-hydrogen) atoms. The van der Waals surface area contributed by atoms with Crippen LogP contribution in [0.3, 0.4) is 0 Å². The van der Waals surface area contributed by atoms with Crippen LogP contribution in [0.1, 0.15) is 34.6 Å². The van der Waals surface area contributed by atoms with Crippen LogP contribution in [0.25, 0.3) is 0 Å². The molecular formula is C23H25N5O5S2. The molecule has 1 fully saturated rings. The molecule has 0 saturated carbocycles. The van der Waals surface area contributed by atoms with E-state index in [1.807, 2.05) is 0 Å². The zero-order valence-corrected chi connectivity index (χ0v) is 20.9. The van der Waals surface area contributed by atoms with Gasteiger partial charge in [-0.3, -0.25) is 4.79 Å². The number of anilines is 2. The Kier molecular flexibility index (Phi) is 6.88. The second kappa shape index (κ2) is 9.72. The average molecular weight is 516 g/mol. The van der Waals surface area contributed by atoms with E-state index in [-0.39, 0.29) is 21.3 Å². The largest absolute Gasteiger partial charge is 0.322 e. The van der Waals surface area contributed by atoms with E-state index in [0.29, 0.717) is 30.2 Å². The topological polar surface area (TPSA) is 138 Å².